The van der Waals surface area contributed by atoms with E-state index >= 15 is 0 Å². The van der Waals surface area contributed by atoms with Crippen LogP contribution in [0.25, 0.3) is 0 Å². The van der Waals surface area contributed by atoms with Crippen molar-refractivity contribution >= 4 is 17.1 Å². The molecule has 0 atom stereocenters. The quantitative estimate of drug-likeness (QED) is 0.689. The van der Waals surface area contributed by atoms with Crippen molar-refractivity contribution in [2.45, 2.75) is 13.3 Å². The Bertz CT molecular complexity index is 530. The van der Waals surface area contributed by atoms with Gasteiger partial charge in [0.25, 0.3) is 0 Å². The maximum Gasteiger partial charge on any atom is 0.0367 e. The fraction of sp³-hybridized carbons (Fsp3) is 0.143. The minimum Gasteiger partial charge on any atom is -0.399 e. The Labute approximate surface area is 101 Å². The summed E-state index contributed by atoms with van der Waals surface area (Å²) in [6.07, 6.45) is 0.821. The van der Waals surface area contributed by atoms with Gasteiger partial charge in [-0.2, -0.15) is 0 Å². The van der Waals surface area contributed by atoms with Gasteiger partial charge in [0.1, 0.15) is 0 Å². The molecule has 0 radical (unpaired) electrons. The Hall–Kier alpha value is -2.16. The molecule has 3 nitrogen and oxygen atoms in total. The van der Waals surface area contributed by atoms with Crippen LogP contribution in [-0.2, 0) is 6.42 Å². The Morgan fingerprint density at radius 1 is 0.882 bits per heavy atom. The second-order valence-electron chi connectivity index (χ2n) is 4.31. The van der Waals surface area contributed by atoms with E-state index in [1.165, 1.54) is 5.56 Å². The van der Waals surface area contributed by atoms with Crippen molar-refractivity contribution < 1.29 is 0 Å². The van der Waals surface area contributed by atoms with Crippen molar-refractivity contribution in [3.63, 3.8) is 0 Å². The summed E-state index contributed by atoms with van der Waals surface area (Å²) in [5.41, 5.74) is 23.0. The topological polar surface area (TPSA) is 78.1 Å². The predicted octanol–water partition coefficient (Wildman–Crippen LogP) is 2.33. The third kappa shape index (κ3) is 2.50. The van der Waals surface area contributed by atoms with Gasteiger partial charge in [0.2, 0.25) is 0 Å². The van der Waals surface area contributed by atoms with E-state index in [2.05, 4.69) is 0 Å². The van der Waals surface area contributed by atoms with Gasteiger partial charge in [0.05, 0.1) is 0 Å². The first-order valence-electron chi connectivity index (χ1n) is 5.55. The average molecular weight is 227 g/mol. The fourth-order valence-electron chi connectivity index (χ4n) is 1.86. The van der Waals surface area contributed by atoms with Crippen molar-refractivity contribution in [1.82, 2.24) is 0 Å². The molecular weight excluding hydrogens is 210 g/mol. The summed E-state index contributed by atoms with van der Waals surface area (Å²) < 4.78 is 0. The van der Waals surface area contributed by atoms with Crippen LogP contribution >= 0.6 is 0 Å². The predicted molar refractivity (Wildman–Crippen MR) is 73.7 cm³/mol. The highest BCUT2D eigenvalue weighted by atomic mass is 14.6. The van der Waals surface area contributed by atoms with E-state index in [9.17, 15) is 0 Å². The van der Waals surface area contributed by atoms with Gasteiger partial charge in [-0.05, 0) is 54.3 Å². The van der Waals surface area contributed by atoms with Crippen molar-refractivity contribution in [1.29, 1.82) is 0 Å². The summed E-state index contributed by atoms with van der Waals surface area (Å²) in [5, 5.41) is 0. The van der Waals surface area contributed by atoms with Crippen molar-refractivity contribution in [3.8, 4) is 0 Å². The van der Waals surface area contributed by atoms with Gasteiger partial charge in [-0.3, -0.25) is 0 Å². The highest BCUT2D eigenvalue weighted by molar-refractivity contribution is 5.60. The van der Waals surface area contributed by atoms with E-state index in [0.717, 1.165) is 28.9 Å². The molecule has 0 spiro atoms. The smallest absolute Gasteiger partial charge is 0.0367 e. The van der Waals surface area contributed by atoms with Crippen molar-refractivity contribution in [2.24, 2.45) is 0 Å². The van der Waals surface area contributed by atoms with E-state index < -0.39 is 0 Å². The lowest BCUT2D eigenvalue weighted by Gasteiger charge is -2.10. The zero-order valence-corrected chi connectivity index (χ0v) is 9.90. The number of nitrogens with two attached hydrogens (primary N) is 3. The van der Waals surface area contributed by atoms with Gasteiger partial charge < -0.3 is 17.2 Å². The Balaban J connectivity index is 2.32. The molecule has 0 aromatic heterocycles. The number of rotatable bonds is 2. The van der Waals surface area contributed by atoms with Crippen LogP contribution in [0.1, 0.15) is 16.7 Å². The Morgan fingerprint density at radius 3 is 2.18 bits per heavy atom. The fourth-order valence-corrected chi connectivity index (χ4v) is 1.86. The maximum absolute atomic E-state index is 5.90. The molecule has 0 heterocycles. The first-order chi connectivity index (χ1) is 8.06. The number of hydrogen-bond acceptors (Lipinski definition) is 3. The highest BCUT2D eigenvalue weighted by Gasteiger charge is 2.04. The van der Waals surface area contributed by atoms with E-state index in [-0.39, 0.29) is 0 Å². The van der Waals surface area contributed by atoms with E-state index in [4.69, 9.17) is 17.2 Å². The maximum atomic E-state index is 5.90. The first-order valence-corrected chi connectivity index (χ1v) is 5.55. The molecule has 17 heavy (non-hydrogen) atoms. The molecule has 2 aromatic carbocycles. The van der Waals surface area contributed by atoms with Gasteiger partial charge in [0, 0.05) is 17.1 Å². The second kappa shape index (κ2) is 4.37. The number of hydrogen-bond donors (Lipinski definition) is 3. The second-order valence-corrected chi connectivity index (χ2v) is 4.31. The molecule has 0 saturated heterocycles. The van der Waals surface area contributed by atoms with E-state index in [1.807, 2.05) is 37.3 Å². The molecule has 2 aromatic rings. The molecule has 0 aliphatic carbocycles. The van der Waals surface area contributed by atoms with Crippen LogP contribution in [0.2, 0.25) is 0 Å². The van der Waals surface area contributed by atoms with Gasteiger partial charge >= 0.3 is 0 Å². The van der Waals surface area contributed by atoms with E-state index in [0.29, 0.717) is 5.69 Å². The summed E-state index contributed by atoms with van der Waals surface area (Å²) in [6, 6.07) is 11.6. The summed E-state index contributed by atoms with van der Waals surface area (Å²) in [6.45, 7) is 2.02. The Morgan fingerprint density at radius 2 is 1.53 bits per heavy atom. The third-order valence-corrected chi connectivity index (χ3v) is 2.95. The van der Waals surface area contributed by atoms with Crippen LogP contribution in [0, 0.1) is 6.92 Å². The SMILES string of the molecule is Cc1c(N)cc(N)cc1Cc1ccc(N)cc1. The standard InChI is InChI=1S/C14H17N3/c1-9-11(7-13(16)8-14(9)17)6-10-2-4-12(15)5-3-10/h2-5,7-8H,6,15-17H2,1H3. The lowest BCUT2D eigenvalue weighted by molar-refractivity contribution is 1.16. The van der Waals surface area contributed by atoms with E-state index in [1.54, 1.807) is 6.07 Å². The zero-order valence-electron chi connectivity index (χ0n) is 9.90. The van der Waals surface area contributed by atoms with Gasteiger partial charge in [0.15, 0.2) is 0 Å². The van der Waals surface area contributed by atoms with Crippen molar-refractivity contribution in [3.05, 3.63) is 53.1 Å². The molecule has 0 aliphatic rings. The highest BCUT2D eigenvalue weighted by Crippen LogP contribution is 2.23. The molecule has 6 N–H and O–H groups in total. The zero-order chi connectivity index (χ0) is 12.4. The molecule has 0 unspecified atom stereocenters. The van der Waals surface area contributed by atoms with Crippen LogP contribution in [0.4, 0.5) is 17.1 Å². The summed E-state index contributed by atoms with van der Waals surface area (Å²) >= 11 is 0. The minimum absolute atomic E-state index is 0.707. The molecule has 0 amide bonds. The lowest BCUT2D eigenvalue weighted by Crippen LogP contribution is -2.00. The molecule has 0 saturated carbocycles. The van der Waals surface area contributed by atoms with Crippen LogP contribution in [0.5, 0.6) is 0 Å². The number of nitrogen functional groups attached to an aromatic ring is 3. The summed E-state index contributed by atoms with van der Waals surface area (Å²) in [5.74, 6) is 0. The molecule has 88 valence electrons. The average Bonchev–Trinajstić information content (AvgIpc) is 2.28. The molecule has 0 bridgehead atoms. The summed E-state index contributed by atoms with van der Waals surface area (Å²) in [7, 11) is 0. The van der Waals surface area contributed by atoms with Gasteiger partial charge in [-0.15, -0.1) is 0 Å². The third-order valence-electron chi connectivity index (χ3n) is 2.95. The normalized spacial score (nSPS) is 10.4. The minimum atomic E-state index is 0.707. The number of anilines is 3. The molecular formula is C14H17N3. The first kappa shape index (κ1) is 11.3. The molecule has 0 aliphatic heterocycles. The van der Waals surface area contributed by atoms with Crippen molar-refractivity contribution in [2.75, 3.05) is 17.2 Å². The molecule has 2 rings (SSSR count). The van der Waals surface area contributed by atoms with Crippen LogP contribution in [0.3, 0.4) is 0 Å². The van der Waals surface area contributed by atoms with Gasteiger partial charge in [-0.25, -0.2) is 0 Å². The monoisotopic (exact) mass is 227 g/mol. The molecule has 3 heteroatoms. The van der Waals surface area contributed by atoms with Gasteiger partial charge in [-0.1, -0.05) is 12.1 Å². The lowest BCUT2D eigenvalue weighted by atomic mass is 9.98. The van der Waals surface area contributed by atoms with Crippen LogP contribution in [-0.4, -0.2) is 0 Å². The summed E-state index contributed by atoms with van der Waals surface area (Å²) in [4.78, 5) is 0. The molecule has 0 fully saturated rings. The number of benzene rings is 2. The Kier molecular flexibility index (Phi) is 2.91. The van der Waals surface area contributed by atoms with Crippen LogP contribution in [0.15, 0.2) is 36.4 Å². The van der Waals surface area contributed by atoms with Crippen LogP contribution < -0.4 is 17.2 Å². The largest absolute Gasteiger partial charge is 0.399 e.